The predicted molar refractivity (Wildman–Crippen MR) is 80.7 cm³/mol. The van der Waals surface area contributed by atoms with Gasteiger partial charge in [-0.05, 0) is 42.7 Å². The minimum atomic E-state index is -0.891. The Morgan fingerprint density at radius 3 is 2.62 bits per heavy atom. The number of hydrogen-bond donors (Lipinski definition) is 1. The lowest BCUT2D eigenvalue weighted by molar-refractivity contribution is -0.137. The minimum Gasteiger partial charge on any atom is -0.496 e. The molecular formula is C16H20N2O3. The maximum absolute atomic E-state index is 10.9. The number of methoxy groups -OCH3 is 1. The third kappa shape index (κ3) is 3.24. The monoisotopic (exact) mass is 288 g/mol. The van der Waals surface area contributed by atoms with Gasteiger partial charge in [-0.15, -0.1) is 0 Å². The number of aryl methyl sites for hydroxylation is 1. The van der Waals surface area contributed by atoms with Crippen LogP contribution < -0.4 is 4.74 Å². The van der Waals surface area contributed by atoms with Gasteiger partial charge in [0.25, 0.3) is 0 Å². The van der Waals surface area contributed by atoms with Crippen molar-refractivity contribution in [1.82, 2.24) is 9.78 Å². The van der Waals surface area contributed by atoms with E-state index in [1.165, 1.54) is 0 Å². The van der Waals surface area contributed by atoms with Crippen LogP contribution in [0.2, 0.25) is 0 Å². The van der Waals surface area contributed by atoms with Crippen LogP contribution >= 0.6 is 0 Å². The molecule has 2 aromatic rings. The van der Waals surface area contributed by atoms with E-state index in [-0.39, 0.29) is 12.5 Å². The van der Waals surface area contributed by atoms with Crippen LogP contribution in [0.1, 0.15) is 31.0 Å². The summed E-state index contributed by atoms with van der Waals surface area (Å²) in [6, 6.07) is 7.78. The maximum atomic E-state index is 10.9. The van der Waals surface area contributed by atoms with Gasteiger partial charge in [-0.2, -0.15) is 5.10 Å². The Kier molecular flexibility index (Phi) is 4.31. The van der Waals surface area contributed by atoms with E-state index in [1.807, 2.05) is 45.0 Å². The summed E-state index contributed by atoms with van der Waals surface area (Å²) in [5, 5.41) is 13.4. The lowest BCUT2D eigenvalue weighted by Crippen LogP contribution is -2.13. The van der Waals surface area contributed by atoms with E-state index >= 15 is 0 Å². The first-order chi connectivity index (χ1) is 9.92. The molecule has 0 unspecified atom stereocenters. The lowest BCUT2D eigenvalue weighted by atomic mass is 10.1. The first-order valence-corrected chi connectivity index (χ1v) is 6.87. The molecule has 5 nitrogen and oxygen atoms in total. The summed E-state index contributed by atoms with van der Waals surface area (Å²) in [6.45, 7) is 5.90. The minimum absolute atomic E-state index is 0.122. The Bertz CT molecular complexity index is 660. The van der Waals surface area contributed by atoms with Crippen LogP contribution in [0.4, 0.5) is 0 Å². The number of nitrogens with zero attached hydrogens (tertiary/aromatic N) is 2. The van der Waals surface area contributed by atoms with Crippen LogP contribution in [0.25, 0.3) is 11.3 Å². The van der Waals surface area contributed by atoms with Gasteiger partial charge in [0.2, 0.25) is 0 Å². The third-order valence-corrected chi connectivity index (χ3v) is 3.38. The van der Waals surface area contributed by atoms with Gasteiger partial charge < -0.3 is 9.84 Å². The molecule has 1 aromatic carbocycles. The predicted octanol–water partition coefficient (Wildman–Crippen LogP) is 3.08. The quantitative estimate of drug-likeness (QED) is 0.918. The van der Waals surface area contributed by atoms with Gasteiger partial charge in [-0.1, -0.05) is 13.8 Å². The number of carboxylic acids is 1. The Balaban J connectivity index is 2.44. The number of aliphatic carboxylic acids is 1. The molecule has 0 fully saturated rings. The van der Waals surface area contributed by atoms with Crippen molar-refractivity contribution < 1.29 is 14.6 Å². The highest BCUT2D eigenvalue weighted by Gasteiger charge is 2.15. The second-order valence-corrected chi connectivity index (χ2v) is 5.34. The highest BCUT2D eigenvalue weighted by atomic mass is 16.5. The van der Waals surface area contributed by atoms with Crippen molar-refractivity contribution in [2.45, 2.75) is 33.2 Å². The molecule has 5 heteroatoms. The first kappa shape index (κ1) is 15.1. The van der Waals surface area contributed by atoms with Crippen molar-refractivity contribution in [3.05, 3.63) is 35.5 Å². The molecule has 2 rings (SSSR count). The highest BCUT2D eigenvalue weighted by Crippen LogP contribution is 2.27. The van der Waals surface area contributed by atoms with Crippen LogP contribution in [-0.4, -0.2) is 28.0 Å². The standard InChI is InChI=1S/C16H20N2O3/c1-10(2)14-8-13(17-18(14)9-16(19)20)12-5-6-15(21-4)11(3)7-12/h5-8,10H,9H2,1-4H3,(H,19,20). The zero-order valence-electron chi connectivity index (χ0n) is 12.8. The topological polar surface area (TPSA) is 64.3 Å². The number of rotatable bonds is 5. The molecular weight excluding hydrogens is 268 g/mol. The summed E-state index contributed by atoms with van der Waals surface area (Å²) in [7, 11) is 1.64. The van der Waals surface area contributed by atoms with E-state index < -0.39 is 5.97 Å². The average molecular weight is 288 g/mol. The molecule has 1 N–H and O–H groups in total. The van der Waals surface area contributed by atoms with Gasteiger partial charge in [0.05, 0.1) is 12.8 Å². The van der Waals surface area contributed by atoms with E-state index in [4.69, 9.17) is 9.84 Å². The molecule has 0 radical (unpaired) electrons. The van der Waals surface area contributed by atoms with Crippen molar-refractivity contribution >= 4 is 5.97 Å². The Morgan fingerprint density at radius 2 is 2.10 bits per heavy atom. The van der Waals surface area contributed by atoms with E-state index in [0.29, 0.717) is 0 Å². The molecule has 0 bridgehead atoms. The zero-order valence-corrected chi connectivity index (χ0v) is 12.8. The molecule has 0 saturated carbocycles. The van der Waals surface area contributed by atoms with Gasteiger partial charge >= 0.3 is 5.97 Å². The summed E-state index contributed by atoms with van der Waals surface area (Å²) >= 11 is 0. The molecule has 0 saturated heterocycles. The van der Waals surface area contributed by atoms with E-state index in [9.17, 15) is 4.79 Å². The van der Waals surface area contributed by atoms with Gasteiger partial charge in [0.15, 0.2) is 0 Å². The highest BCUT2D eigenvalue weighted by molar-refractivity contribution is 5.67. The Hall–Kier alpha value is -2.30. The van der Waals surface area contributed by atoms with Crippen LogP contribution in [0.3, 0.4) is 0 Å². The molecule has 0 aliphatic rings. The second-order valence-electron chi connectivity index (χ2n) is 5.34. The fraction of sp³-hybridized carbons (Fsp3) is 0.375. The molecule has 0 amide bonds. The number of benzene rings is 1. The first-order valence-electron chi connectivity index (χ1n) is 6.87. The Labute approximate surface area is 124 Å². The summed E-state index contributed by atoms with van der Waals surface area (Å²) in [6.07, 6.45) is 0. The average Bonchev–Trinajstić information content (AvgIpc) is 2.81. The van der Waals surface area contributed by atoms with Crippen molar-refractivity contribution in [1.29, 1.82) is 0 Å². The van der Waals surface area contributed by atoms with Gasteiger partial charge in [-0.25, -0.2) is 0 Å². The van der Waals surface area contributed by atoms with Crippen LogP contribution in [0.15, 0.2) is 24.3 Å². The fourth-order valence-electron chi connectivity index (χ4n) is 2.33. The third-order valence-electron chi connectivity index (χ3n) is 3.38. The summed E-state index contributed by atoms with van der Waals surface area (Å²) < 4.78 is 6.81. The van der Waals surface area contributed by atoms with Crippen LogP contribution in [-0.2, 0) is 11.3 Å². The van der Waals surface area contributed by atoms with Gasteiger partial charge in [-0.3, -0.25) is 9.48 Å². The smallest absolute Gasteiger partial charge is 0.325 e. The SMILES string of the molecule is COc1ccc(-c2cc(C(C)C)n(CC(=O)O)n2)cc1C. The van der Waals surface area contributed by atoms with E-state index in [2.05, 4.69) is 5.10 Å². The zero-order chi connectivity index (χ0) is 15.6. The largest absolute Gasteiger partial charge is 0.496 e. The molecule has 0 aliphatic carbocycles. The molecule has 1 aromatic heterocycles. The van der Waals surface area contributed by atoms with Gasteiger partial charge in [0, 0.05) is 11.3 Å². The molecule has 0 aliphatic heterocycles. The molecule has 0 atom stereocenters. The summed E-state index contributed by atoms with van der Waals surface area (Å²) in [5.74, 6) is 0.148. The van der Waals surface area contributed by atoms with Crippen LogP contribution in [0.5, 0.6) is 5.75 Å². The fourth-order valence-corrected chi connectivity index (χ4v) is 2.33. The molecule has 0 spiro atoms. The number of carboxylic acid groups (broad SMARTS) is 1. The number of hydrogen-bond acceptors (Lipinski definition) is 3. The molecule has 21 heavy (non-hydrogen) atoms. The van der Waals surface area contributed by atoms with E-state index in [1.54, 1.807) is 11.8 Å². The van der Waals surface area contributed by atoms with Crippen molar-refractivity contribution in [2.24, 2.45) is 0 Å². The van der Waals surface area contributed by atoms with Crippen molar-refractivity contribution in [2.75, 3.05) is 7.11 Å². The lowest BCUT2D eigenvalue weighted by Gasteiger charge is -2.06. The van der Waals surface area contributed by atoms with E-state index in [0.717, 1.165) is 28.3 Å². The number of ether oxygens (including phenoxy) is 1. The number of carbonyl (C=O) groups is 1. The van der Waals surface area contributed by atoms with Gasteiger partial charge in [0.1, 0.15) is 12.3 Å². The number of aromatic nitrogens is 2. The summed E-state index contributed by atoms with van der Waals surface area (Å²) in [4.78, 5) is 10.9. The normalized spacial score (nSPS) is 10.9. The maximum Gasteiger partial charge on any atom is 0.325 e. The van der Waals surface area contributed by atoms with Crippen LogP contribution in [0, 0.1) is 6.92 Å². The molecule has 112 valence electrons. The van der Waals surface area contributed by atoms with Crippen molar-refractivity contribution in [3.8, 4) is 17.0 Å². The summed E-state index contributed by atoms with van der Waals surface area (Å²) in [5.41, 5.74) is 3.68. The second kappa shape index (κ2) is 5.99. The Morgan fingerprint density at radius 1 is 1.38 bits per heavy atom. The molecule has 1 heterocycles. The van der Waals surface area contributed by atoms with Crippen molar-refractivity contribution in [3.63, 3.8) is 0 Å².